The summed E-state index contributed by atoms with van der Waals surface area (Å²) < 4.78 is 22.4. The topological polar surface area (TPSA) is 122 Å². The van der Waals surface area contributed by atoms with Crippen LogP contribution in [0, 0.1) is 0 Å². The number of aryl methyl sites for hydroxylation is 1. The SMILES string of the molecule is C=COCCCC(O)C(O)CC(O)C(O)COc1ccc2cc(-c3ccc(CCCCC)cc3OC)oc2c1. The zero-order chi connectivity index (χ0) is 28.2. The van der Waals surface area contributed by atoms with Crippen molar-refractivity contribution in [3.63, 3.8) is 0 Å². The molecule has 0 saturated carbocycles. The maximum atomic E-state index is 10.3. The van der Waals surface area contributed by atoms with Crippen molar-refractivity contribution in [1.82, 2.24) is 0 Å². The molecule has 4 N–H and O–H groups in total. The molecule has 0 aliphatic rings. The summed E-state index contributed by atoms with van der Waals surface area (Å²) in [5.41, 5.74) is 2.71. The van der Waals surface area contributed by atoms with Crippen LogP contribution in [0.25, 0.3) is 22.3 Å². The first-order valence-corrected chi connectivity index (χ1v) is 13.6. The lowest BCUT2D eigenvalue weighted by Gasteiger charge is -2.23. The summed E-state index contributed by atoms with van der Waals surface area (Å²) in [5, 5.41) is 41.7. The van der Waals surface area contributed by atoms with Crippen LogP contribution in [-0.4, -0.2) is 65.2 Å². The number of unbranched alkanes of at least 4 members (excludes halogenated alkanes) is 2. The average molecular weight is 543 g/mol. The molecule has 3 rings (SSSR count). The Morgan fingerprint density at radius 3 is 2.46 bits per heavy atom. The van der Waals surface area contributed by atoms with Crippen molar-refractivity contribution in [3.05, 3.63) is 60.9 Å². The van der Waals surface area contributed by atoms with Crippen molar-refractivity contribution in [1.29, 1.82) is 0 Å². The first-order chi connectivity index (χ1) is 18.9. The van der Waals surface area contributed by atoms with Gasteiger partial charge in [-0.3, -0.25) is 0 Å². The van der Waals surface area contributed by atoms with Gasteiger partial charge in [-0.05, 0) is 61.6 Å². The number of hydrogen-bond acceptors (Lipinski definition) is 8. The van der Waals surface area contributed by atoms with Gasteiger partial charge in [-0.15, -0.1) is 0 Å². The number of aliphatic hydroxyl groups is 4. The van der Waals surface area contributed by atoms with E-state index in [9.17, 15) is 20.4 Å². The van der Waals surface area contributed by atoms with E-state index in [2.05, 4.69) is 25.6 Å². The highest BCUT2D eigenvalue weighted by atomic mass is 16.5. The molecule has 1 heterocycles. The molecular formula is C31H42O8. The van der Waals surface area contributed by atoms with Gasteiger partial charge in [0.15, 0.2) is 0 Å². The Hall–Kier alpha value is -3.04. The lowest BCUT2D eigenvalue weighted by atomic mass is 10.0. The summed E-state index contributed by atoms with van der Waals surface area (Å²) in [6, 6.07) is 13.5. The second-order valence-electron chi connectivity index (χ2n) is 9.80. The minimum atomic E-state index is -1.27. The van der Waals surface area contributed by atoms with Gasteiger partial charge in [0.2, 0.25) is 0 Å². The van der Waals surface area contributed by atoms with Crippen LogP contribution in [0.3, 0.4) is 0 Å². The molecule has 0 amide bonds. The maximum Gasteiger partial charge on any atom is 0.139 e. The maximum absolute atomic E-state index is 10.3. The van der Waals surface area contributed by atoms with Crippen molar-refractivity contribution in [2.24, 2.45) is 0 Å². The molecule has 1 aromatic heterocycles. The average Bonchev–Trinajstić information content (AvgIpc) is 3.37. The van der Waals surface area contributed by atoms with Gasteiger partial charge < -0.3 is 39.1 Å². The van der Waals surface area contributed by atoms with Crippen LogP contribution >= 0.6 is 0 Å². The molecule has 2 aromatic carbocycles. The highest BCUT2D eigenvalue weighted by Crippen LogP contribution is 2.36. The number of fused-ring (bicyclic) bond motifs is 1. The smallest absolute Gasteiger partial charge is 0.139 e. The number of furan rings is 1. The lowest BCUT2D eigenvalue weighted by molar-refractivity contribution is -0.0604. The second kappa shape index (κ2) is 15.5. The Bertz CT molecular complexity index is 1160. The minimum Gasteiger partial charge on any atom is -0.502 e. The monoisotopic (exact) mass is 542 g/mol. The van der Waals surface area contributed by atoms with Gasteiger partial charge in [-0.2, -0.15) is 0 Å². The van der Waals surface area contributed by atoms with Crippen molar-refractivity contribution >= 4 is 11.0 Å². The van der Waals surface area contributed by atoms with E-state index in [1.54, 1.807) is 19.2 Å². The van der Waals surface area contributed by atoms with Crippen LogP contribution in [0.15, 0.2) is 59.7 Å². The molecule has 39 heavy (non-hydrogen) atoms. The molecule has 0 saturated heterocycles. The first kappa shape index (κ1) is 30.5. The standard InChI is InChI=1S/C31H42O8/c1-4-6-7-9-21-11-14-24(30(16-21)36-3)31-17-22-12-13-23(18-29(22)39-31)38-20-28(35)27(34)19-26(33)25(32)10-8-15-37-5-2/h5,11-14,16-18,25-28,32-35H,2,4,6-10,15,19-20H2,1,3H3. The largest absolute Gasteiger partial charge is 0.502 e. The number of methoxy groups -OCH3 is 1. The van der Waals surface area contributed by atoms with E-state index in [1.807, 2.05) is 18.2 Å². The Labute approximate surface area is 230 Å². The van der Waals surface area contributed by atoms with Gasteiger partial charge in [0.25, 0.3) is 0 Å². The third-order valence-corrected chi connectivity index (χ3v) is 6.76. The van der Waals surface area contributed by atoms with Gasteiger partial charge in [0, 0.05) is 17.9 Å². The first-order valence-electron chi connectivity index (χ1n) is 13.6. The molecule has 0 bridgehead atoms. The number of hydrogen-bond donors (Lipinski definition) is 4. The number of ether oxygens (including phenoxy) is 3. The van der Waals surface area contributed by atoms with Gasteiger partial charge in [0.1, 0.15) is 35.6 Å². The quantitative estimate of drug-likeness (QED) is 0.131. The summed E-state index contributed by atoms with van der Waals surface area (Å²) in [4.78, 5) is 0. The molecule has 0 aliphatic heterocycles. The van der Waals surface area contributed by atoms with Crippen molar-refractivity contribution in [2.45, 2.75) is 76.3 Å². The number of benzene rings is 2. The fourth-order valence-electron chi connectivity index (χ4n) is 4.41. The Morgan fingerprint density at radius 2 is 1.72 bits per heavy atom. The predicted molar refractivity (Wildman–Crippen MR) is 151 cm³/mol. The van der Waals surface area contributed by atoms with E-state index >= 15 is 0 Å². The molecule has 214 valence electrons. The van der Waals surface area contributed by atoms with E-state index in [0.717, 1.165) is 29.5 Å². The molecule has 4 unspecified atom stereocenters. The third-order valence-electron chi connectivity index (χ3n) is 6.76. The molecule has 4 atom stereocenters. The zero-order valence-corrected chi connectivity index (χ0v) is 22.9. The van der Waals surface area contributed by atoms with E-state index in [4.69, 9.17) is 18.6 Å². The van der Waals surface area contributed by atoms with Gasteiger partial charge in [-0.1, -0.05) is 32.4 Å². The summed E-state index contributed by atoms with van der Waals surface area (Å²) in [7, 11) is 1.65. The Morgan fingerprint density at radius 1 is 0.923 bits per heavy atom. The minimum absolute atomic E-state index is 0.187. The highest BCUT2D eigenvalue weighted by molar-refractivity contribution is 5.85. The Balaban J connectivity index is 1.58. The van der Waals surface area contributed by atoms with Gasteiger partial charge in [0.05, 0.1) is 43.9 Å². The van der Waals surface area contributed by atoms with E-state index in [0.29, 0.717) is 36.5 Å². The molecular weight excluding hydrogens is 500 g/mol. The second-order valence-corrected chi connectivity index (χ2v) is 9.80. The third kappa shape index (κ3) is 9.00. The van der Waals surface area contributed by atoms with Crippen LogP contribution in [0.4, 0.5) is 0 Å². The summed E-state index contributed by atoms with van der Waals surface area (Å²) in [5.74, 6) is 1.91. The fraction of sp³-hybridized carbons (Fsp3) is 0.484. The van der Waals surface area contributed by atoms with Crippen LogP contribution in [0.5, 0.6) is 11.5 Å². The lowest BCUT2D eigenvalue weighted by Crippen LogP contribution is -2.38. The van der Waals surface area contributed by atoms with E-state index in [1.165, 1.54) is 24.7 Å². The van der Waals surface area contributed by atoms with Gasteiger partial charge in [-0.25, -0.2) is 0 Å². The Kier molecular flexibility index (Phi) is 12.1. The van der Waals surface area contributed by atoms with Crippen molar-refractivity contribution in [3.8, 4) is 22.8 Å². The molecule has 0 radical (unpaired) electrons. The molecule has 0 fully saturated rings. The number of rotatable bonds is 18. The van der Waals surface area contributed by atoms with Crippen LogP contribution in [0.1, 0.15) is 51.0 Å². The van der Waals surface area contributed by atoms with Crippen LogP contribution in [0.2, 0.25) is 0 Å². The van der Waals surface area contributed by atoms with E-state index in [-0.39, 0.29) is 13.0 Å². The molecule has 0 aliphatic carbocycles. The molecule has 0 spiro atoms. The molecule has 8 heteroatoms. The molecule has 8 nitrogen and oxygen atoms in total. The van der Waals surface area contributed by atoms with E-state index < -0.39 is 24.4 Å². The normalized spacial score (nSPS) is 14.5. The fourth-order valence-corrected chi connectivity index (χ4v) is 4.41. The predicted octanol–water partition coefficient (Wildman–Crippen LogP) is 4.99. The van der Waals surface area contributed by atoms with Gasteiger partial charge >= 0.3 is 0 Å². The van der Waals surface area contributed by atoms with Crippen molar-refractivity contribution < 1.29 is 39.1 Å². The summed E-state index contributed by atoms with van der Waals surface area (Å²) >= 11 is 0. The highest BCUT2D eigenvalue weighted by Gasteiger charge is 2.25. The molecule has 3 aromatic rings. The zero-order valence-electron chi connectivity index (χ0n) is 22.9. The van der Waals surface area contributed by atoms with Crippen LogP contribution < -0.4 is 9.47 Å². The van der Waals surface area contributed by atoms with Crippen molar-refractivity contribution in [2.75, 3.05) is 20.3 Å². The summed E-state index contributed by atoms with van der Waals surface area (Å²) in [6.07, 6.45) is 1.76. The van der Waals surface area contributed by atoms with Crippen LogP contribution in [-0.2, 0) is 11.2 Å². The number of aliphatic hydroxyl groups excluding tert-OH is 4. The summed E-state index contributed by atoms with van der Waals surface area (Å²) in [6.45, 7) is 5.82.